The third kappa shape index (κ3) is 3.15. The fourth-order valence-electron chi connectivity index (χ4n) is 3.70. The summed E-state index contributed by atoms with van der Waals surface area (Å²) in [5.41, 5.74) is 7.95. The molecular formula is C22H30O2. The maximum absolute atomic E-state index is 5.76. The van der Waals surface area contributed by atoms with Crippen molar-refractivity contribution in [2.45, 2.75) is 53.4 Å². The summed E-state index contributed by atoms with van der Waals surface area (Å²) in [5.74, 6) is 1.87. The summed E-state index contributed by atoms with van der Waals surface area (Å²) in [6, 6.07) is 8.60. The standard InChI is InChI=1S/C22H30O2/c1-7-15-11-13-19(23-5)21(17(15)9-3)22-18(10-4)16(8-2)12-14-20(22)24-6/h11-14H,7-10H2,1-6H3. The van der Waals surface area contributed by atoms with Gasteiger partial charge in [0.2, 0.25) is 0 Å². The van der Waals surface area contributed by atoms with E-state index in [1.807, 2.05) is 0 Å². The van der Waals surface area contributed by atoms with E-state index in [1.54, 1.807) is 14.2 Å². The minimum atomic E-state index is 0.935. The Morgan fingerprint density at radius 2 is 0.958 bits per heavy atom. The second-order valence-corrected chi connectivity index (χ2v) is 5.98. The van der Waals surface area contributed by atoms with Crippen LogP contribution in [-0.2, 0) is 25.7 Å². The van der Waals surface area contributed by atoms with Gasteiger partial charge in [-0.05, 0) is 60.1 Å². The molecule has 2 aromatic carbocycles. The number of aryl methyl sites for hydroxylation is 2. The largest absolute Gasteiger partial charge is 0.496 e. The van der Waals surface area contributed by atoms with Crippen molar-refractivity contribution in [2.24, 2.45) is 0 Å². The van der Waals surface area contributed by atoms with E-state index in [0.29, 0.717) is 0 Å². The molecule has 0 amide bonds. The predicted octanol–water partition coefficient (Wildman–Crippen LogP) is 5.62. The molecule has 2 rings (SSSR count). The summed E-state index contributed by atoms with van der Waals surface area (Å²) in [6.07, 6.45) is 4.02. The van der Waals surface area contributed by atoms with E-state index in [0.717, 1.165) is 37.2 Å². The quantitative estimate of drug-likeness (QED) is 0.657. The van der Waals surface area contributed by atoms with Gasteiger partial charge in [-0.15, -0.1) is 0 Å². The summed E-state index contributed by atoms with van der Waals surface area (Å²) >= 11 is 0. The van der Waals surface area contributed by atoms with Crippen LogP contribution in [0, 0.1) is 0 Å². The van der Waals surface area contributed by atoms with Crippen molar-refractivity contribution in [3.05, 3.63) is 46.5 Å². The first-order valence-electron chi connectivity index (χ1n) is 9.04. The van der Waals surface area contributed by atoms with Gasteiger partial charge in [0, 0.05) is 11.1 Å². The molecule has 2 aromatic rings. The Hall–Kier alpha value is -1.96. The number of hydrogen-bond acceptors (Lipinski definition) is 2. The molecule has 0 aliphatic heterocycles. The third-order valence-corrected chi connectivity index (χ3v) is 4.90. The lowest BCUT2D eigenvalue weighted by Crippen LogP contribution is -2.04. The average molecular weight is 326 g/mol. The lowest BCUT2D eigenvalue weighted by Gasteiger charge is -2.23. The highest BCUT2D eigenvalue weighted by molar-refractivity contribution is 5.83. The predicted molar refractivity (Wildman–Crippen MR) is 102 cm³/mol. The molecule has 0 aromatic heterocycles. The van der Waals surface area contributed by atoms with E-state index in [4.69, 9.17) is 9.47 Å². The van der Waals surface area contributed by atoms with Crippen molar-refractivity contribution >= 4 is 0 Å². The summed E-state index contributed by atoms with van der Waals surface area (Å²) < 4.78 is 11.5. The van der Waals surface area contributed by atoms with Crippen LogP contribution in [0.3, 0.4) is 0 Å². The van der Waals surface area contributed by atoms with Crippen molar-refractivity contribution in [1.29, 1.82) is 0 Å². The molecule has 0 radical (unpaired) electrons. The zero-order valence-electron chi connectivity index (χ0n) is 16.0. The van der Waals surface area contributed by atoms with Crippen molar-refractivity contribution in [1.82, 2.24) is 0 Å². The number of methoxy groups -OCH3 is 2. The van der Waals surface area contributed by atoms with Gasteiger partial charge in [-0.2, -0.15) is 0 Å². The van der Waals surface area contributed by atoms with E-state index in [1.165, 1.54) is 33.4 Å². The molecule has 0 atom stereocenters. The molecule has 0 aliphatic rings. The lowest BCUT2D eigenvalue weighted by molar-refractivity contribution is 0.409. The first-order valence-corrected chi connectivity index (χ1v) is 9.04. The summed E-state index contributed by atoms with van der Waals surface area (Å²) in [5, 5.41) is 0. The first kappa shape index (κ1) is 18.4. The van der Waals surface area contributed by atoms with Crippen molar-refractivity contribution in [3.8, 4) is 22.6 Å². The first-order chi connectivity index (χ1) is 11.7. The van der Waals surface area contributed by atoms with Crippen LogP contribution in [0.5, 0.6) is 11.5 Å². The molecule has 130 valence electrons. The molecule has 0 spiro atoms. The maximum atomic E-state index is 5.76. The molecule has 24 heavy (non-hydrogen) atoms. The van der Waals surface area contributed by atoms with Gasteiger partial charge in [-0.3, -0.25) is 0 Å². The Labute approximate surface area is 146 Å². The van der Waals surface area contributed by atoms with Gasteiger partial charge < -0.3 is 9.47 Å². The minimum Gasteiger partial charge on any atom is -0.496 e. The fraction of sp³-hybridized carbons (Fsp3) is 0.455. The van der Waals surface area contributed by atoms with Crippen LogP contribution < -0.4 is 9.47 Å². The zero-order chi connectivity index (χ0) is 17.7. The number of hydrogen-bond donors (Lipinski definition) is 0. The molecule has 2 heteroatoms. The van der Waals surface area contributed by atoms with Gasteiger partial charge in [-0.1, -0.05) is 39.8 Å². The van der Waals surface area contributed by atoms with Gasteiger partial charge in [0.25, 0.3) is 0 Å². The summed E-state index contributed by atoms with van der Waals surface area (Å²) in [6.45, 7) is 8.87. The molecule has 0 saturated heterocycles. The summed E-state index contributed by atoms with van der Waals surface area (Å²) in [7, 11) is 3.51. The molecule has 2 nitrogen and oxygen atoms in total. The zero-order valence-corrected chi connectivity index (χ0v) is 16.0. The highest BCUT2D eigenvalue weighted by Crippen LogP contribution is 2.44. The van der Waals surface area contributed by atoms with E-state index in [2.05, 4.69) is 52.0 Å². The van der Waals surface area contributed by atoms with E-state index in [9.17, 15) is 0 Å². The topological polar surface area (TPSA) is 18.5 Å². The van der Waals surface area contributed by atoms with Crippen molar-refractivity contribution in [2.75, 3.05) is 14.2 Å². The van der Waals surface area contributed by atoms with E-state index >= 15 is 0 Å². The highest BCUT2D eigenvalue weighted by atomic mass is 16.5. The Morgan fingerprint density at radius 3 is 1.21 bits per heavy atom. The van der Waals surface area contributed by atoms with Crippen molar-refractivity contribution < 1.29 is 9.47 Å². The Morgan fingerprint density at radius 1 is 0.583 bits per heavy atom. The molecule has 0 unspecified atom stereocenters. The third-order valence-electron chi connectivity index (χ3n) is 4.90. The van der Waals surface area contributed by atoms with Crippen LogP contribution in [0.4, 0.5) is 0 Å². The Kier molecular flexibility index (Phi) is 6.30. The van der Waals surface area contributed by atoms with Gasteiger partial charge in [0.05, 0.1) is 14.2 Å². The maximum Gasteiger partial charge on any atom is 0.127 e. The molecule has 0 heterocycles. The van der Waals surface area contributed by atoms with E-state index < -0.39 is 0 Å². The van der Waals surface area contributed by atoms with Crippen LogP contribution in [-0.4, -0.2) is 14.2 Å². The van der Waals surface area contributed by atoms with Crippen molar-refractivity contribution in [3.63, 3.8) is 0 Å². The van der Waals surface area contributed by atoms with Crippen LogP contribution in [0.2, 0.25) is 0 Å². The number of benzene rings is 2. The monoisotopic (exact) mass is 326 g/mol. The van der Waals surface area contributed by atoms with Gasteiger partial charge in [-0.25, -0.2) is 0 Å². The number of ether oxygens (including phenoxy) is 2. The summed E-state index contributed by atoms with van der Waals surface area (Å²) in [4.78, 5) is 0. The molecule has 0 fully saturated rings. The Bertz CT molecular complexity index is 640. The van der Waals surface area contributed by atoms with Gasteiger partial charge >= 0.3 is 0 Å². The van der Waals surface area contributed by atoms with E-state index in [-0.39, 0.29) is 0 Å². The lowest BCUT2D eigenvalue weighted by atomic mass is 9.86. The second kappa shape index (κ2) is 8.23. The van der Waals surface area contributed by atoms with Crippen LogP contribution in [0.15, 0.2) is 24.3 Å². The highest BCUT2D eigenvalue weighted by Gasteiger charge is 2.21. The Balaban J connectivity index is 2.94. The van der Waals surface area contributed by atoms with Gasteiger partial charge in [0.15, 0.2) is 0 Å². The minimum absolute atomic E-state index is 0.935. The average Bonchev–Trinajstić information content (AvgIpc) is 2.64. The fourth-order valence-corrected chi connectivity index (χ4v) is 3.70. The number of rotatable bonds is 7. The van der Waals surface area contributed by atoms with Crippen LogP contribution >= 0.6 is 0 Å². The SMILES string of the molecule is CCc1ccc(OC)c(-c2c(OC)ccc(CC)c2CC)c1CC. The smallest absolute Gasteiger partial charge is 0.127 e. The molecule has 0 N–H and O–H groups in total. The second-order valence-electron chi connectivity index (χ2n) is 5.98. The molecule has 0 aliphatic carbocycles. The molecule has 0 saturated carbocycles. The molecular weight excluding hydrogens is 296 g/mol. The van der Waals surface area contributed by atoms with Gasteiger partial charge in [0.1, 0.15) is 11.5 Å². The van der Waals surface area contributed by atoms with Crippen LogP contribution in [0.1, 0.15) is 49.9 Å². The molecule has 0 bridgehead atoms. The normalized spacial score (nSPS) is 10.8. The van der Waals surface area contributed by atoms with Crippen LogP contribution in [0.25, 0.3) is 11.1 Å².